The summed E-state index contributed by atoms with van der Waals surface area (Å²) in [5.74, 6) is 0.999. The quantitative estimate of drug-likeness (QED) is 0.930. The highest BCUT2D eigenvalue weighted by Gasteiger charge is 2.36. The lowest BCUT2D eigenvalue weighted by molar-refractivity contribution is -0.135. The van der Waals surface area contributed by atoms with E-state index in [0.29, 0.717) is 11.7 Å². The summed E-state index contributed by atoms with van der Waals surface area (Å²) < 4.78 is 0. The first-order valence-electron chi connectivity index (χ1n) is 8.59. The summed E-state index contributed by atoms with van der Waals surface area (Å²) in [6.45, 7) is 5.67. The van der Waals surface area contributed by atoms with Gasteiger partial charge in [-0.15, -0.1) is 0 Å². The van der Waals surface area contributed by atoms with E-state index in [4.69, 9.17) is 0 Å². The summed E-state index contributed by atoms with van der Waals surface area (Å²) in [4.78, 5) is 15.0. The third-order valence-corrected chi connectivity index (χ3v) is 5.06. The highest BCUT2D eigenvalue weighted by Crippen LogP contribution is 2.29. The normalized spacial score (nSPS) is 17.9. The number of phenols is 1. The first-order valence-corrected chi connectivity index (χ1v) is 8.59. The fourth-order valence-electron chi connectivity index (χ4n) is 3.52. The van der Waals surface area contributed by atoms with E-state index < -0.39 is 5.41 Å². The number of carbonyl (C=O) groups excluding carboxylic acids is 1. The van der Waals surface area contributed by atoms with Crippen molar-refractivity contribution in [1.29, 1.82) is 0 Å². The van der Waals surface area contributed by atoms with Crippen molar-refractivity contribution in [2.45, 2.75) is 32.1 Å². The summed E-state index contributed by atoms with van der Waals surface area (Å²) in [7, 11) is 0. The van der Waals surface area contributed by atoms with Gasteiger partial charge >= 0.3 is 0 Å². The van der Waals surface area contributed by atoms with Crippen LogP contribution in [0.4, 0.5) is 0 Å². The van der Waals surface area contributed by atoms with Gasteiger partial charge in [-0.05, 0) is 55.9 Å². The number of benzene rings is 2. The Hall–Kier alpha value is -2.29. The van der Waals surface area contributed by atoms with E-state index in [2.05, 4.69) is 0 Å². The van der Waals surface area contributed by atoms with Gasteiger partial charge in [0.25, 0.3) is 0 Å². The van der Waals surface area contributed by atoms with Gasteiger partial charge in [0.1, 0.15) is 5.75 Å². The predicted octanol–water partition coefficient (Wildman–Crippen LogP) is 3.76. The minimum Gasteiger partial charge on any atom is -0.508 e. The number of phenolic OH excluding ortho intramolecular Hbond substituents is 1. The molecule has 0 bridgehead atoms. The first-order chi connectivity index (χ1) is 11.5. The number of hydrogen-bond donors (Lipinski definition) is 1. The molecule has 2 aromatic carbocycles. The molecule has 0 aliphatic carbocycles. The second kappa shape index (κ2) is 6.68. The maximum atomic E-state index is 13.0. The Balaban J connectivity index is 1.64. The molecule has 3 nitrogen and oxygen atoms in total. The van der Waals surface area contributed by atoms with Gasteiger partial charge in [-0.1, -0.05) is 42.5 Å². The molecule has 0 spiro atoms. The minimum absolute atomic E-state index is 0.210. The van der Waals surface area contributed by atoms with Crippen molar-refractivity contribution < 1.29 is 9.90 Å². The third kappa shape index (κ3) is 3.45. The summed E-state index contributed by atoms with van der Waals surface area (Å²) in [6, 6.07) is 17.4. The lowest BCUT2D eigenvalue weighted by atomic mass is 9.83. The maximum absolute atomic E-state index is 13.0. The van der Waals surface area contributed by atoms with Crippen LogP contribution in [0.5, 0.6) is 5.75 Å². The van der Waals surface area contributed by atoms with Crippen molar-refractivity contribution >= 4 is 5.91 Å². The summed E-state index contributed by atoms with van der Waals surface area (Å²) in [5.41, 5.74) is 1.79. The molecule has 2 aromatic rings. The Morgan fingerprint density at radius 2 is 1.79 bits per heavy atom. The second-order valence-electron chi connectivity index (χ2n) is 7.27. The van der Waals surface area contributed by atoms with Crippen LogP contribution < -0.4 is 0 Å². The number of carbonyl (C=O) groups is 1. The van der Waals surface area contributed by atoms with Crippen LogP contribution in [0, 0.1) is 5.92 Å². The molecule has 1 aliphatic heterocycles. The summed E-state index contributed by atoms with van der Waals surface area (Å²) >= 11 is 0. The van der Waals surface area contributed by atoms with E-state index in [1.165, 1.54) is 5.56 Å². The highest BCUT2D eigenvalue weighted by molar-refractivity contribution is 5.87. The van der Waals surface area contributed by atoms with Gasteiger partial charge in [0.05, 0.1) is 5.41 Å². The zero-order valence-corrected chi connectivity index (χ0v) is 14.4. The molecule has 1 fully saturated rings. The van der Waals surface area contributed by atoms with Crippen LogP contribution >= 0.6 is 0 Å². The Morgan fingerprint density at radius 1 is 1.12 bits per heavy atom. The predicted molar refractivity (Wildman–Crippen MR) is 96.0 cm³/mol. The molecule has 1 unspecified atom stereocenters. The van der Waals surface area contributed by atoms with Crippen LogP contribution in [0.2, 0.25) is 0 Å². The average molecular weight is 323 g/mol. The number of amides is 1. The van der Waals surface area contributed by atoms with E-state index >= 15 is 0 Å². The van der Waals surface area contributed by atoms with Crippen molar-refractivity contribution in [3.05, 3.63) is 65.7 Å². The molecule has 1 aliphatic rings. The number of nitrogens with zero attached hydrogens (tertiary/aromatic N) is 1. The lowest BCUT2D eigenvalue weighted by Gasteiger charge is -2.30. The number of aromatic hydroxyl groups is 1. The Morgan fingerprint density at radius 3 is 2.46 bits per heavy atom. The molecule has 1 saturated heterocycles. The van der Waals surface area contributed by atoms with Crippen LogP contribution in [0.1, 0.15) is 31.4 Å². The Kier molecular flexibility index (Phi) is 4.61. The minimum atomic E-state index is -0.491. The molecular formula is C21H25NO2. The molecule has 1 N–H and O–H groups in total. The molecule has 0 saturated carbocycles. The third-order valence-electron chi connectivity index (χ3n) is 5.06. The second-order valence-corrected chi connectivity index (χ2v) is 7.27. The maximum Gasteiger partial charge on any atom is 0.232 e. The molecule has 126 valence electrons. The molecule has 0 aromatic heterocycles. The summed E-state index contributed by atoms with van der Waals surface area (Å²) in [5, 5.41) is 9.38. The van der Waals surface area contributed by atoms with Gasteiger partial charge in [0.15, 0.2) is 0 Å². The lowest BCUT2D eigenvalue weighted by Crippen LogP contribution is -2.42. The smallest absolute Gasteiger partial charge is 0.232 e. The molecule has 1 atom stereocenters. The molecule has 1 amide bonds. The van der Waals surface area contributed by atoms with E-state index in [9.17, 15) is 9.90 Å². The van der Waals surface area contributed by atoms with Crippen molar-refractivity contribution in [3.8, 4) is 5.75 Å². The van der Waals surface area contributed by atoms with Gasteiger partial charge in [-0.3, -0.25) is 4.79 Å². The molecule has 0 radical (unpaired) electrons. The van der Waals surface area contributed by atoms with E-state index in [1.807, 2.05) is 61.2 Å². The largest absolute Gasteiger partial charge is 0.508 e. The SMILES string of the molecule is CC(C)(C(=O)N1CCC(Cc2ccc(O)cc2)C1)c1ccccc1. The van der Waals surface area contributed by atoms with Crippen LogP contribution in [0.3, 0.4) is 0 Å². The molecule has 3 rings (SSSR count). The van der Waals surface area contributed by atoms with Crippen molar-refractivity contribution in [2.75, 3.05) is 13.1 Å². The zero-order valence-electron chi connectivity index (χ0n) is 14.4. The fraction of sp³-hybridized carbons (Fsp3) is 0.381. The fourth-order valence-corrected chi connectivity index (χ4v) is 3.52. The van der Waals surface area contributed by atoms with Crippen molar-refractivity contribution in [3.63, 3.8) is 0 Å². The number of hydrogen-bond acceptors (Lipinski definition) is 2. The van der Waals surface area contributed by atoms with Crippen molar-refractivity contribution in [1.82, 2.24) is 4.90 Å². The van der Waals surface area contributed by atoms with E-state index in [-0.39, 0.29) is 5.91 Å². The molecule has 3 heteroatoms. The number of likely N-dealkylation sites (tertiary alicyclic amines) is 1. The van der Waals surface area contributed by atoms with E-state index in [1.54, 1.807) is 12.1 Å². The summed E-state index contributed by atoms with van der Waals surface area (Å²) in [6.07, 6.45) is 1.99. The number of rotatable bonds is 4. The van der Waals surface area contributed by atoms with Gasteiger partial charge in [0.2, 0.25) is 5.91 Å². The van der Waals surface area contributed by atoms with Gasteiger partial charge in [-0.2, -0.15) is 0 Å². The molecular weight excluding hydrogens is 298 g/mol. The van der Waals surface area contributed by atoms with Gasteiger partial charge < -0.3 is 10.0 Å². The van der Waals surface area contributed by atoms with Gasteiger partial charge in [-0.25, -0.2) is 0 Å². The van der Waals surface area contributed by atoms with Gasteiger partial charge in [0, 0.05) is 13.1 Å². The first kappa shape index (κ1) is 16.6. The van der Waals surface area contributed by atoms with Crippen LogP contribution in [-0.2, 0) is 16.6 Å². The highest BCUT2D eigenvalue weighted by atomic mass is 16.3. The Labute approximate surface area is 143 Å². The van der Waals surface area contributed by atoms with Crippen LogP contribution in [0.15, 0.2) is 54.6 Å². The average Bonchev–Trinajstić information content (AvgIpc) is 3.05. The van der Waals surface area contributed by atoms with Crippen LogP contribution in [0.25, 0.3) is 0 Å². The zero-order chi connectivity index (χ0) is 17.2. The monoisotopic (exact) mass is 323 g/mol. The standard InChI is InChI=1S/C21H25NO2/c1-21(2,18-6-4-3-5-7-18)20(24)22-13-12-17(15-22)14-16-8-10-19(23)11-9-16/h3-11,17,23H,12-15H2,1-2H3. The topological polar surface area (TPSA) is 40.5 Å². The van der Waals surface area contributed by atoms with E-state index in [0.717, 1.165) is 31.5 Å². The van der Waals surface area contributed by atoms with Crippen LogP contribution in [-0.4, -0.2) is 29.0 Å². The Bertz CT molecular complexity index is 692. The molecule has 1 heterocycles. The van der Waals surface area contributed by atoms with Crippen molar-refractivity contribution in [2.24, 2.45) is 5.92 Å². The molecule has 24 heavy (non-hydrogen) atoms.